The molecule has 0 aliphatic rings. The standard InChI is InChI=1S/C23H22Cl2N2O3S/c1-16-7-9-22(10-8-16)31(29,30)27(21-12-19(24)11-20(25)13-21)15-23(28)26-14-18-6-4-3-5-17(18)2/h3-13H,14-15H2,1-2H3,(H,26,28). The van der Waals surface area contributed by atoms with Crippen LogP contribution in [0.15, 0.2) is 71.6 Å². The molecular formula is C23H22Cl2N2O3S. The summed E-state index contributed by atoms with van der Waals surface area (Å²) in [6, 6.07) is 18.5. The number of nitrogens with one attached hydrogen (secondary N) is 1. The van der Waals surface area contributed by atoms with E-state index < -0.39 is 22.5 Å². The van der Waals surface area contributed by atoms with Crippen molar-refractivity contribution >= 4 is 44.8 Å². The molecular weight excluding hydrogens is 455 g/mol. The maximum atomic E-state index is 13.4. The molecule has 31 heavy (non-hydrogen) atoms. The molecule has 0 aromatic heterocycles. The van der Waals surface area contributed by atoms with Crippen molar-refractivity contribution in [1.82, 2.24) is 5.32 Å². The van der Waals surface area contributed by atoms with Gasteiger partial charge in [0.25, 0.3) is 10.0 Å². The number of anilines is 1. The molecule has 1 amide bonds. The molecule has 0 spiro atoms. The number of carbonyl (C=O) groups excluding carboxylic acids is 1. The molecule has 0 radical (unpaired) electrons. The zero-order valence-electron chi connectivity index (χ0n) is 17.1. The maximum absolute atomic E-state index is 13.4. The summed E-state index contributed by atoms with van der Waals surface area (Å²) < 4.78 is 27.8. The average Bonchev–Trinajstić information content (AvgIpc) is 2.71. The molecule has 0 saturated carbocycles. The Morgan fingerprint density at radius 2 is 1.55 bits per heavy atom. The monoisotopic (exact) mass is 476 g/mol. The number of sulfonamides is 1. The van der Waals surface area contributed by atoms with E-state index in [1.54, 1.807) is 12.1 Å². The fraction of sp³-hybridized carbons (Fsp3) is 0.174. The third-order valence-electron chi connectivity index (χ3n) is 4.77. The van der Waals surface area contributed by atoms with Gasteiger partial charge in [-0.05, 0) is 55.3 Å². The predicted molar refractivity (Wildman–Crippen MR) is 125 cm³/mol. The molecule has 0 aliphatic heterocycles. The van der Waals surface area contributed by atoms with Gasteiger partial charge in [0.15, 0.2) is 0 Å². The summed E-state index contributed by atoms with van der Waals surface area (Å²) in [5.74, 6) is -0.449. The Hall–Kier alpha value is -2.54. The largest absolute Gasteiger partial charge is 0.350 e. The van der Waals surface area contributed by atoms with Gasteiger partial charge in [-0.1, -0.05) is 65.2 Å². The van der Waals surface area contributed by atoms with Crippen LogP contribution in [0.25, 0.3) is 0 Å². The summed E-state index contributed by atoms with van der Waals surface area (Å²) in [6.45, 7) is 3.69. The van der Waals surface area contributed by atoms with Crippen LogP contribution in [0.1, 0.15) is 16.7 Å². The minimum Gasteiger partial charge on any atom is -0.350 e. The zero-order valence-corrected chi connectivity index (χ0v) is 19.4. The summed E-state index contributed by atoms with van der Waals surface area (Å²) in [6.07, 6.45) is 0. The van der Waals surface area contributed by atoms with Gasteiger partial charge in [0.1, 0.15) is 6.54 Å². The highest BCUT2D eigenvalue weighted by Gasteiger charge is 2.27. The van der Waals surface area contributed by atoms with E-state index in [0.29, 0.717) is 6.54 Å². The summed E-state index contributed by atoms with van der Waals surface area (Å²) in [5.41, 5.74) is 3.12. The normalized spacial score (nSPS) is 11.2. The molecule has 1 N–H and O–H groups in total. The molecule has 8 heteroatoms. The lowest BCUT2D eigenvalue weighted by Gasteiger charge is -2.24. The Morgan fingerprint density at radius 3 is 2.16 bits per heavy atom. The van der Waals surface area contributed by atoms with Crippen LogP contribution in [-0.2, 0) is 21.4 Å². The molecule has 0 bridgehead atoms. The lowest BCUT2D eigenvalue weighted by Crippen LogP contribution is -2.40. The van der Waals surface area contributed by atoms with Gasteiger partial charge in [0, 0.05) is 16.6 Å². The van der Waals surface area contributed by atoms with Gasteiger partial charge in [-0.25, -0.2) is 8.42 Å². The minimum atomic E-state index is -4.04. The second kappa shape index (κ2) is 9.73. The van der Waals surface area contributed by atoms with Crippen LogP contribution in [0.4, 0.5) is 5.69 Å². The summed E-state index contributed by atoms with van der Waals surface area (Å²) in [4.78, 5) is 12.8. The Morgan fingerprint density at radius 1 is 0.935 bits per heavy atom. The van der Waals surface area contributed by atoms with Crippen molar-refractivity contribution in [1.29, 1.82) is 0 Å². The number of halogens is 2. The topological polar surface area (TPSA) is 66.5 Å². The first-order chi connectivity index (χ1) is 14.7. The quantitative estimate of drug-likeness (QED) is 0.514. The number of rotatable bonds is 7. The van der Waals surface area contributed by atoms with E-state index in [0.717, 1.165) is 21.0 Å². The maximum Gasteiger partial charge on any atom is 0.264 e. The second-order valence-electron chi connectivity index (χ2n) is 7.16. The van der Waals surface area contributed by atoms with E-state index in [4.69, 9.17) is 23.2 Å². The van der Waals surface area contributed by atoms with Crippen LogP contribution in [0, 0.1) is 13.8 Å². The molecule has 0 saturated heterocycles. The molecule has 0 atom stereocenters. The van der Waals surface area contributed by atoms with Gasteiger partial charge < -0.3 is 5.32 Å². The summed E-state index contributed by atoms with van der Waals surface area (Å²) in [7, 11) is -4.04. The number of hydrogen-bond acceptors (Lipinski definition) is 3. The third-order valence-corrected chi connectivity index (χ3v) is 6.99. The van der Waals surface area contributed by atoms with Crippen molar-refractivity contribution in [2.24, 2.45) is 0 Å². The van der Waals surface area contributed by atoms with Crippen molar-refractivity contribution in [2.45, 2.75) is 25.3 Å². The summed E-state index contributed by atoms with van der Waals surface area (Å²) in [5, 5.41) is 3.33. The smallest absolute Gasteiger partial charge is 0.264 e. The number of benzene rings is 3. The molecule has 0 heterocycles. The first-order valence-electron chi connectivity index (χ1n) is 9.53. The molecule has 0 unspecified atom stereocenters. The van der Waals surface area contributed by atoms with Gasteiger partial charge in [-0.15, -0.1) is 0 Å². The molecule has 0 fully saturated rings. The molecule has 3 aromatic carbocycles. The number of nitrogens with zero attached hydrogens (tertiary/aromatic N) is 1. The van der Waals surface area contributed by atoms with E-state index in [2.05, 4.69) is 5.32 Å². The fourth-order valence-electron chi connectivity index (χ4n) is 3.02. The first kappa shape index (κ1) is 23.1. The zero-order chi connectivity index (χ0) is 22.6. The molecule has 5 nitrogen and oxygen atoms in total. The van der Waals surface area contributed by atoms with Crippen LogP contribution in [-0.4, -0.2) is 20.9 Å². The number of amides is 1. The number of hydrogen-bond donors (Lipinski definition) is 1. The van der Waals surface area contributed by atoms with Gasteiger partial charge in [-0.3, -0.25) is 9.10 Å². The third kappa shape index (κ3) is 5.79. The lowest BCUT2D eigenvalue weighted by molar-refractivity contribution is -0.119. The van der Waals surface area contributed by atoms with Gasteiger partial charge >= 0.3 is 0 Å². The van der Waals surface area contributed by atoms with Crippen LogP contribution < -0.4 is 9.62 Å². The summed E-state index contributed by atoms with van der Waals surface area (Å²) >= 11 is 12.2. The van der Waals surface area contributed by atoms with Crippen molar-refractivity contribution in [2.75, 3.05) is 10.8 Å². The van der Waals surface area contributed by atoms with Crippen LogP contribution in [0.5, 0.6) is 0 Å². The van der Waals surface area contributed by atoms with E-state index in [1.165, 1.54) is 30.3 Å². The Bertz CT molecular complexity index is 1180. The van der Waals surface area contributed by atoms with E-state index >= 15 is 0 Å². The highest BCUT2D eigenvalue weighted by molar-refractivity contribution is 7.92. The molecule has 3 aromatic rings. The highest BCUT2D eigenvalue weighted by atomic mass is 35.5. The van der Waals surface area contributed by atoms with E-state index in [-0.39, 0.29) is 20.6 Å². The lowest BCUT2D eigenvalue weighted by atomic mass is 10.1. The Labute approximate surface area is 192 Å². The van der Waals surface area contributed by atoms with Crippen LogP contribution in [0.3, 0.4) is 0 Å². The van der Waals surface area contributed by atoms with Crippen molar-refractivity contribution < 1.29 is 13.2 Å². The average molecular weight is 477 g/mol. The van der Waals surface area contributed by atoms with Gasteiger partial charge in [-0.2, -0.15) is 0 Å². The molecule has 162 valence electrons. The van der Waals surface area contributed by atoms with Gasteiger partial charge in [0.2, 0.25) is 5.91 Å². The fourth-order valence-corrected chi connectivity index (χ4v) is 4.94. The van der Waals surface area contributed by atoms with Crippen molar-refractivity contribution in [3.8, 4) is 0 Å². The van der Waals surface area contributed by atoms with Gasteiger partial charge in [0.05, 0.1) is 10.6 Å². The highest BCUT2D eigenvalue weighted by Crippen LogP contribution is 2.29. The van der Waals surface area contributed by atoms with Crippen LogP contribution in [0.2, 0.25) is 10.0 Å². The molecule has 0 aliphatic carbocycles. The predicted octanol–water partition coefficient (Wildman–Crippen LogP) is 5.12. The number of carbonyl (C=O) groups is 1. The Kier molecular flexibility index (Phi) is 7.26. The van der Waals surface area contributed by atoms with Crippen molar-refractivity contribution in [3.05, 3.63) is 93.5 Å². The number of aryl methyl sites for hydroxylation is 2. The van der Waals surface area contributed by atoms with E-state index in [9.17, 15) is 13.2 Å². The SMILES string of the molecule is Cc1ccc(S(=O)(=O)N(CC(=O)NCc2ccccc2C)c2cc(Cl)cc(Cl)c2)cc1. The van der Waals surface area contributed by atoms with Crippen LogP contribution >= 0.6 is 23.2 Å². The second-order valence-corrected chi connectivity index (χ2v) is 9.89. The first-order valence-corrected chi connectivity index (χ1v) is 11.7. The molecule has 3 rings (SSSR count). The minimum absolute atomic E-state index is 0.0703. The van der Waals surface area contributed by atoms with Crippen molar-refractivity contribution in [3.63, 3.8) is 0 Å². The van der Waals surface area contributed by atoms with E-state index in [1.807, 2.05) is 38.1 Å². The Balaban J connectivity index is 1.91.